The van der Waals surface area contributed by atoms with Gasteiger partial charge in [-0.1, -0.05) is 30.3 Å². The van der Waals surface area contributed by atoms with Crippen molar-refractivity contribution in [3.63, 3.8) is 0 Å². The van der Waals surface area contributed by atoms with Crippen molar-refractivity contribution in [2.24, 2.45) is 5.92 Å². The number of ketones is 1. The molecule has 2 aliphatic rings. The van der Waals surface area contributed by atoms with Crippen LogP contribution in [0.2, 0.25) is 0 Å². The van der Waals surface area contributed by atoms with Crippen LogP contribution >= 0.6 is 0 Å². The van der Waals surface area contributed by atoms with E-state index >= 15 is 0 Å². The van der Waals surface area contributed by atoms with Crippen LogP contribution in [0.25, 0.3) is 0 Å². The fraction of sp³-hybridized carbons (Fsp3) is 0.654. The maximum atomic E-state index is 13.2. The van der Waals surface area contributed by atoms with Gasteiger partial charge in [0.25, 0.3) is 0 Å². The van der Waals surface area contributed by atoms with Crippen LogP contribution in [0, 0.1) is 5.92 Å². The number of carbonyl (C=O) groups excluding carboxylic acids is 3. The number of benzene rings is 1. The van der Waals surface area contributed by atoms with Crippen molar-refractivity contribution < 1.29 is 28.6 Å². The van der Waals surface area contributed by atoms with Crippen molar-refractivity contribution >= 4 is 17.8 Å². The Kier molecular flexibility index (Phi) is 8.51. The SMILES string of the molecule is CCOC(=O)C1CCN(C(=O)OC(C)(C)C)C(COC2CCC(c3ccccc3)CC2)C1=O. The van der Waals surface area contributed by atoms with Crippen molar-refractivity contribution in [3.05, 3.63) is 35.9 Å². The van der Waals surface area contributed by atoms with Gasteiger partial charge < -0.3 is 14.2 Å². The van der Waals surface area contributed by atoms with Crippen molar-refractivity contribution in [2.45, 2.75) is 83.5 Å². The molecule has 0 spiro atoms. The number of nitrogens with zero attached hydrogens (tertiary/aromatic N) is 1. The zero-order valence-corrected chi connectivity index (χ0v) is 20.2. The van der Waals surface area contributed by atoms with Crippen LogP contribution < -0.4 is 0 Å². The molecule has 0 aromatic heterocycles. The molecule has 1 aromatic rings. The molecule has 0 radical (unpaired) electrons. The van der Waals surface area contributed by atoms with Gasteiger partial charge >= 0.3 is 12.1 Å². The van der Waals surface area contributed by atoms with Gasteiger partial charge in [-0.15, -0.1) is 0 Å². The van der Waals surface area contributed by atoms with Gasteiger partial charge in [-0.05, 0) is 71.3 Å². The second kappa shape index (κ2) is 11.1. The molecule has 2 unspecified atom stereocenters. The van der Waals surface area contributed by atoms with Gasteiger partial charge in [-0.2, -0.15) is 0 Å². The number of Topliss-reactive ketones (excluding diaryl/α,β-unsaturated/α-hetero) is 1. The van der Waals surface area contributed by atoms with Gasteiger partial charge in [0, 0.05) is 6.54 Å². The average molecular weight is 460 g/mol. The minimum absolute atomic E-state index is 0.0289. The molecule has 1 aliphatic heterocycles. The van der Waals surface area contributed by atoms with Gasteiger partial charge in [0.1, 0.15) is 17.6 Å². The summed E-state index contributed by atoms with van der Waals surface area (Å²) in [7, 11) is 0. The van der Waals surface area contributed by atoms with Crippen molar-refractivity contribution in [2.75, 3.05) is 19.8 Å². The minimum atomic E-state index is -0.869. The number of hydrogen-bond acceptors (Lipinski definition) is 6. The fourth-order valence-corrected chi connectivity index (χ4v) is 4.66. The molecule has 182 valence electrons. The number of piperidine rings is 1. The van der Waals surface area contributed by atoms with E-state index < -0.39 is 29.6 Å². The first-order chi connectivity index (χ1) is 15.7. The Balaban J connectivity index is 1.63. The standard InChI is InChI=1S/C26H37NO6/c1-5-31-24(29)21-15-16-27(25(30)33-26(2,3)4)22(23(21)28)17-32-20-13-11-19(12-14-20)18-9-7-6-8-10-18/h6-10,19-22H,5,11-17H2,1-4H3. The summed E-state index contributed by atoms with van der Waals surface area (Å²) in [6.45, 7) is 7.60. The van der Waals surface area contributed by atoms with Crippen LogP contribution in [-0.2, 0) is 23.8 Å². The topological polar surface area (TPSA) is 82.1 Å². The Labute approximate surface area is 196 Å². The second-order valence-electron chi connectivity index (χ2n) is 9.90. The molecule has 1 amide bonds. The molecule has 0 N–H and O–H groups in total. The van der Waals surface area contributed by atoms with Crippen LogP contribution in [0.15, 0.2) is 30.3 Å². The monoisotopic (exact) mass is 459 g/mol. The zero-order valence-electron chi connectivity index (χ0n) is 20.2. The Morgan fingerprint density at radius 2 is 1.70 bits per heavy atom. The van der Waals surface area contributed by atoms with E-state index in [9.17, 15) is 14.4 Å². The molecule has 1 saturated heterocycles. The number of ether oxygens (including phenoxy) is 3. The van der Waals surface area contributed by atoms with E-state index in [1.165, 1.54) is 10.5 Å². The summed E-state index contributed by atoms with van der Waals surface area (Å²) in [5, 5.41) is 0. The molecule has 1 heterocycles. The third kappa shape index (κ3) is 6.79. The van der Waals surface area contributed by atoms with E-state index in [-0.39, 0.29) is 38.1 Å². The van der Waals surface area contributed by atoms with Gasteiger partial charge in [-0.3, -0.25) is 14.5 Å². The third-order valence-electron chi connectivity index (χ3n) is 6.34. The van der Waals surface area contributed by atoms with Gasteiger partial charge in [0.15, 0.2) is 5.78 Å². The number of esters is 1. The van der Waals surface area contributed by atoms with E-state index in [0.29, 0.717) is 5.92 Å². The Morgan fingerprint density at radius 1 is 1.03 bits per heavy atom. The normalized spacial score (nSPS) is 26.1. The smallest absolute Gasteiger partial charge is 0.410 e. The van der Waals surface area contributed by atoms with Crippen LogP contribution in [0.3, 0.4) is 0 Å². The summed E-state index contributed by atoms with van der Waals surface area (Å²) in [6.07, 6.45) is 3.54. The molecule has 1 aliphatic carbocycles. The summed E-state index contributed by atoms with van der Waals surface area (Å²) < 4.78 is 16.8. The lowest BCUT2D eigenvalue weighted by Crippen LogP contribution is -2.57. The summed E-state index contributed by atoms with van der Waals surface area (Å²) in [4.78, 5) is 39.7. The van der Waals surface area contributed by atoms with E-state index in [1.807, 2.05) is 6.07 Å². The van der Waals surface area contributed by atoms with E-state index in [2.05, 4.69) is 24.3 Å². The molecule has 2 atom stereocenters. The highest BCUT2D eigenvalue weighted by molar-refractivity contribution is 6.03. The summed E-state index contributed by atoms with van der Waals surface area (Å²) in [5.41, 5.74) is 0.672. The van der Waals surface area contributed by atoms with Crippen LogP contribution in [0.4, 0.5) is 4.79 Å². The number of hydrogen-bond donors (Lipinski definition) is 0. The molecule has 7 nitrogen and oxygen atoms in total. The molecular formula is C26H37NO6. The molecule has 3 rings (SSSR count). The maximum absolute atomic E-state index is 13.2. The number of likely N-dealkylation sites (tertiary alicyclic amines) is 1. The van der Waals surface area contributed by atoms with Crippen LogP contribution in [0.1, 0.15) is 71.3 Å². The van der Waals surface area contributed by atoms with Crippen LogP contribution in [-0.4, -0.2) is 60.3 Å². The molecule has 0 bridgehead atoms. The summed E-state index contributed by atoms with van der Waals surface area (Å²) >= 11 is 0. The third-order valence-corrected chi connectivity index (χ3v) is 6.34. The first-order valence-electron chi connectivity index (χ1n) is 12.1. The van der Waals surface area contributed by atoms with E-state index in [0.717, 1.165) is 25.7 Å². The maximum Gasteiger partial charge on any atom is 0.410 e. The van der Waals surface area contributed by atoms with Gasteiger partial charge in [-0.25, -0.2) is 4.79 Å². The highest BCUT2D eigenvalue weighted by Crippen LogP contribution is 2.34. The number of rotatable bonds is 6. The summed E-state index contributed by atoms with van der Waals surface area (Å²) in [5.74, 6) is -1.21. The molecule has 2 fully saturated rings. The second-order valence-corrected chi connectivity index (χ2v) is 9.90. The van der Waals surface area contributed by atoms with Crippen molar-refractivity contribution in [1.29, 1.82) is 0 Å². The highest BCUT2D eigenvalue weighted by atomic mass is 16.6. The largest absolute Gasteiger partial charge is 0.465 e. The average Bonchev–Trinajstić information content (AvgIpc) is 2.78. The Morgan fingerprint density at radius 3 is 2.30 bits per heavy atom. The number of carbonyl (C=O) groups is 3. The quantitative estimate of drug-likeness (QED) is 0.461. The molecular weight excluding hydrogens is 422 g/mol. The summed E-state index contributed by atoms with van der Waals surface area (Å²) in [6, 6.07) is 9.64. The van der Waals surface area contributed by atoms with E-state index in [1.54, 1.807) is 27.7 Å². The molecule has 1 aromatic carbocycles. The Hall–Kier alpha value is -2.41. The predicted octanol–water partition coefficient (Wildman–Crippen LogP) is 4.49. The lowest BCUT2D eigenvalue weighted by molar-refractivity contribution is -0.157. The predicted molar refractivity (Wildman–Crippen MR) is 124 cm³/mol. The highest BCUT2D eigenvalue weighted by Gasteiger charge is 2.44. The minimum Gasteiger partial charge on any atom is -0.465 e. The number of amides is 1. The molecule has 7 heteroatoms. The van der Waals surface area contributed by atoms with Crippen molar-refractivity contribution in [3.8, 4) is 0 Å². The first-order valence-corrected chi connectivity index (χ1v) is 12.1. The van der Waals surface area contributed by atoms with E-state index in [4.69, 9.17) is 14.2 Å². The first kappa shape index (κ1) is 25.2. The van der Waals surface area contributed by atoms with Gasteiger partial charge in [0.05, 0.1) is 19.3 Å². The van der Waals surface area contributed by atoms with Gasteiger partial charge in [0.2, 0.25) is 0 Å². The van der Waals surface area contributed by atoms with Crippen molar-refractivity contribution in [1.82, 2.24) is 4.90 Å². The lowest BCUT2D eigenvalue weighted by atomic mass is 9.82. The molecule has 33 heavy (non-hydrogen) atoms. The lowest BCUT2D eigenvalue weighted by Gasteiger charge is -2.39. The van der Waals surface area contributed by atoms with Crippen LogP contribution in [0.5, 0.6) is 0 Å². The zero-order chi connectivity index (χ0) is 24.0. The molecule has 1 saturated carbocycles. The Bertz CT molecular complexity index is 810. The fourth-order valence-electron chi connectivity index (χ4n) is 4.66.